The Morgan fingerprint density at radius 1 is 1.30 bits per heavy atom. The van der Waals surface area contributed by atoms with Crippen molar-refractivity contribution < 1.29 is 9.84 Å². The lowest BCUT2D eigenvalue weighted by Gasteiger charge is -2.29. The van der Waals surface area contributed by atoms with Crippen molar-refractivity contribution in [1.82, 2.24) is 14.6 Å². The second-order valence-corrected chi connectivity index (χ2v) is 12.0. The molecule has 0 bridgehead atoms. The molecule has 2 N–H and O–H groups in total. The van der Waals surface area contributed by atoms with Gasteiger partial charge in [0.15, 0.2) is 0 Å². The number of nitriles is 1. The zero-order valence-electron chi connectivity index (χ0n) is 21.4. The maximum absolute atomic E-state index is 9.88. The van der Waals surface area contributed by atoms with Crippen molar-refractivity contribution >= 4 is 23.3 Å². The van der Waals surface area contributed by atoms with Gasteiger partial charge in [-0.05, 0) is 81.0 Å². The number of nitrogens with one attached hydrogen (secondary N) is 1. The lowest BCUT2D eigenvalue weighted by atomic mass is 10.0. The van der Waals surface area contributed by atoms with Crippen molar-refractivity contribution in [1.29, 1.82) is 5.26 Å². The van der Waals surface area contributed by atoms with Crippen LogP contribution in [0.25, 0.3) is 21.0 Å². The highest BCUT2D eigenvalue weighted by atomic mass is 32.2. The number of piperidine rings is 1. The molecule has 194 valence electrons. The van der Waals surface area contributed by atoms with Crippen LogP contribution in [0.5, 0.6) is 5.75 Å². The van der Waals surface area contributed by atoms with E-state index in [1.807, 2.05) is 38.2 Å². The van der Waals surface area contributed by atoms with Gasteiger partial charge >= 0.3 is 0 Å². The SMILES string of the molecule is CC(C)Oc1ccc(-c2ncc(-c3cccc4c3CCC4NSCCN3CCC[C@@H](O)C3)s2)cc1C#N. The Bertz CT molecular complexity index is 1270. The Kier molecular flexibility index (Phi) is 8.48. The van der Waals surface area contributed by atoms with Crippen LogP contribution in [0.15, 0.2) is 42.6 Å². The number of ether oxygens (including phenoxy) is 1. The monoisotopic (exact) mass is 534 g/mol. The largest absolute Gasteiger partial charge is 0.490 e. The van der Waals surface area contributed by atoms with E-state index in [2.05, 4.69) is 33.9 Å². The first kappa shape index (κ1) is 26.2. The molecule has 5 rings (SSSR count). The molecule has 0 radical (unpaired) electrons. The molecule has 1 saturated heterocycles. The first-order valence-electron chi connectivity index (χ1n) is 13.1. The van der Waals surface area contributed by atoms with Gasteiger partial charge in [-0.15, -0.1) is 11.3 Å². The van der Waals surface area contributed by atoms with Crippen molar-refractivity contribution in [2.24, 2.45) is 0 Å². The number of aliphatic hydroxyl groups is 1. The number of nitrogens with zero attached hydrogens (tertiary/aromatic N) is 3. The number of rotatable bonds is 9. The van der Waals surface area contributed by atoms with Crippen LogP contribution in [0.3, 0.4) is 0 Å². The number of β-amino-alcohol motifs (C(OH)–C–C–N with tert-alkyl or cyclic N) is 1. The molecule has 1 aromatic heterocycles. The number of hydrogen-bond acceptors (Lipinski definition) is 8. The Morgan fingerprint density at radius 3 is 3.00 bits per heavy atom. The average Bonchev–Trinajstić information content (AvgIpc) is 3.54. The quantitative estimate of drug-likeness (QED) is 0.265. The molecule has 2 heterocycles. The summed E-state index contributed by atoms with van der Waals surface area (Å²) in [5.41, 5.74) is 5.53. The van der Waals surface area contributed by atoms with Crippen molar-refractivity contribution in [3.8, 4) is 32.8 Å². The number of fused-ring (bicyclic) bond motifs is 1. The maximum Gasteiger partial charge on any atom is 0.137 e. The number of likely N-dealkylation sites (tertiary alicyclic amines) is 1. The van der Waals surface area contributed by atoms with Crippen LogP contribution >= 0.6 is 23.3 Å². The van der Waals surface area contributed by atoms with Gasteiger partial charge in [0.1, 0.15) is 16.8 Å². The fraction of sp³-hybridized carbons (Fsp3) is 0.448. The van der Waals surface area contributed by atoms with E-state index in [9.17, 15) is 10.4 Å². The summed E-state index contributed by atoms with van der Waals surface area (Å²) in [6.45, 7) is 6.83. The second kappa shape index (κ2) is 12.0. The van der Waals surface area contributed by atoms with Crippen molar-refractivity contribution in [2.75, 3.05) is 25.4 Å². The third-order valence-electron chi connectivity index (χ3n) is 6.97. The molecule has 6 nitrogen and oxygen atoms in total. The van der Waals surface area contributed by atoms with Crippen LogP contribution in [0.1, 0.15) is 55.8 Å². The predicted molar refractivity (Wildman–Crippen MR) is 152 cm³/mol. The van der Waals surface area contributed by atoms with Gasteiger partial charge < -0.3 is 9.84 Å². The minimum atomic E-state index is -0.161. The molecule has 3 aromatic rings. The van der Waals surface area contributed by atoms with Crippen LogP contribution < -0.4 is 9.46 Å². The summed E-state index contributed by atoms with van der Waals surface area (Å²) < 4.78 is 9.48. The smallest absolute Gasteiger partial charge is 0.137 e. The van der Waals surface area contributed by atoms with E-state index < -0.39 is 0 Å². The summed E-state index contributed by atoms with van der Waals surface area (Å²) in [6, 6.07) is 14.9. The fourth-order valence-electron chi connectivity index (χ4n) is 5.22. The molecule has 1 unspecified atom stereocenters. The summed E-state index contributed by atoms with van der Waals surface area (Å²) in [4.78, 5) is 8.24. The Hall–Kier alpha value is -2.41. The lowest BCUT2D eigenvalue weighted by Crippen LogP contribution is -2.39. The molecular weight excluding hydrogens is 500 g/mol. The molecule has 8 heteroatoms. The molecule has 0 saturated carbocycles. The number of aromatic nitrogens is 1. The molecule has 0 amide bonds. The first-order chi connectivity index (χ1) is 18.0. The van der Waals surface area contributed by atoms with Gasteiger partial charge in [0.25, 0.3) is 0 Å². The molecule has 2 atom stereocenters. The average molecular weight is 535 g/mol. The van der Waals surface area contributed by atoms with Crippen LogP contribution in [-0.2, 0) is 6.42 Å². The normalized spacial score (nSPS) is 19.6. The summed E-state index contributed by atoms with van der Waals surface area (Å²) in [6.07, 6.45) is 5.99. The van der Waals surface area contributed by atoms with Gasteiger partial charge in [0.2, 0.25) is 0 Å². The summed E-state index contributed by atoms with van der Waals surface area (Å²) >= 11 is 3.47. The first-order valence-corrected chi connectivity index (χ1v) is 14.9. The van der Waals surface area contributed by atoms with Gasteiger partial charge in [0.05, 0.1) is 22.6 Å². The molecule has 1 aliphatic carbocycles. The topological polar surface area (TPSA) is 81.4 Å². The number of aliphatic hydroxyl groups excluding tert-OH is 1. The van der Waals surface area contributed by atoms with Gasteiger partial charge in [-0.1, -0.05) is 30.1 Å². The van der Waals surface area contributed by atoms with Crippen molar-refractivity contribution in [3.05, 3.63) is 59.3 Å². The highest BCUT2D eigenvalue weighted by Gasteiger charge is 2.26. The molecule has 0 spiro atoms. The fourth-order valence-corrected chi connectivity index (χ4v) is 7.09. The third-order valence-corrected chi connectivity index (χ3v) is 8.88. The lowest BCUT2D eigenvalue weighted by molar-refractivity contribution is 0.0743. The minimum Gasteiger partial charge on any atom is -0.490 e. The maximum atomic E-state index is 9.88. The number of hydrogen-bond donors (Lipinski definition) is 2. The van der Waals surface area contributed by atoms with E-state index in [0.29, 0.717) is 17.4 Å². The highest BCUT2D eigenvalue weighted by Crippen LogP contribution is 2.41. The summed E-state index contributed by atoms with van der Waals surface area (Å²) in [7, 11) is 0. The third kappa shape index (κ3) is 6.19. The van der Waals surface area contributed by atoms with Gasteiger partial charge in [-0.25, -0.2) is 4.98 Å². The standard InChI is InChI=1S/C29H34N4O2S2/c1-19(2)35-27-11-8-20(15-21(27)16-30)29-31-17-28(37-29)25-7-3-6-24-23(25)9-10-26(24)32-36-14-13-33-12-4-5-22(34)18-33/h3,6-8,11,15,17,19,22,26,32,34H,4-5,9-10,12-14,18H2,1-2H3/t22-,26?/m1/s1. The molecule has 1 aliphatic heterocycles. The Morgan fingerprint density at radius 2 is 2.19 bits per heavy atom. The van der Waals surface area contributed by atoms with Crippen molar-refractivity contribution in [3.63, 3.8) is 0 Å². The predicted octanol–water partition coefficient (Wildman–Crippen LogP) is 5.82. The van der Waals surface area contributed by atoms with E-state index in [1.165, 1.54) is 16.7 Å². The highest BCUT2D eigenvalue weighted by molar-refractivity contribution is 7.97. The second-order valence-electron chi connectivity index (χ2n) is 10.0. The van der Waals surface area contributed by atoms with Crippen LogP contribution in [0, 0.1) is 11.3 Å². The van der Waals surface area contributed by atoms with Gasteiger partial charge in [-0.3, -0.25) is 9.62 Å². The van der Waals surface area contributed by atoms with Gasteiger partial charge in [-0.2, -0.15) is 5.26 Å². The molecule has 2 aliphatic rings. The minimum absolute atomic E-state index is 0.0185. The molecule has 1 fully saturated rings. The van der Waals surface area contributed by atoms with E-state index in [1.54, 1.807) is 23.3 Å². The van der Waals surface area contributed by atoms with E-state index >= 15 is 0 Å². The van der Waals surface area contributed by atoms with Crippen molar-refractivity contribution in [2.45, 2.75) is 57.8 Å². The molecule has 37 heavy (non-hydrogen) atoms. The van der Waals surface area contributed by atoms with Crippen LogP contribution in [-0.4, -0.2) is 52.6 Å². The molecule has 2 aromatic carbocycles. The van der Waals surface area contributed by atoms with E-state index in [4.69, 9.17) is 9.72 Å². The van der Waals surface area contributed by atoms with E-state index in [0.717, 1.165) is 66.5 Å². The zero-order valence-corrected chi connectivity index (χ0v) is 23.1. The molecular formula is C29H34N4O2S2. The van der Waals surface area contributed by atoms with Gasteiger partial charge in [0, 0.05) is 36.6 Å². The Labute approximate surface area is 227 Å². The van der Waals surface area contributed by atoms with Crippen LogP contribution in [0.4, 0.5) is 0 Å². The number of benzene rings is 2. The van der Waals surface area contributed by atoms with Crippen LogP contribution in [0.2, 0.25) is 0 Å². The van der Waals surface area contributed by atoms with E-state index in [-0.39, 0.29) is 12.2 Å². The summed E-state index contributed by atoms with van der Waals surface area (Å²) in [5, 5.41) is 20.4. The summed E-state index contributed by atoms with van der Waals surface area (Å²) in [5.74, 6) is 1.63. The Balaban J connectivity index is 1.25. The number of thiazole rings is 1. The zero-order chi connectivity index (χ0) is 25.8.